The van der Waals surface area contributed by atoms with Crippen molar-refractivity contribution in [3.8, 4) is 17.2 Å². The molecule has 0 aliphatic heterocycles. The fraction of sp³-hybridized carbons (Fsp3) is 0.526. The van der Waals surface area contributed by atoms with Crippen LogP contribution >= 0.6 is 0 Å². The Morgan fingerprint density at radius 3 is 2.19 bits per heavy atom. The van der Waals surface area contributed by atoms with Gasteiger partial charge in [-0.3, -0.25) is 4.68 Å². The molecule has 0 spiro atoms. The monoisotopic (exact) mass is 363 g/mol. The maximum absolute atomic E-state index is 5.95. The molecule has 1 aromatic carbocycles. The van der Waals surface area contributed by atoms with Gasteiger partial charge in [-0.2, -0.15) is 5.10 Å². The van der Waals surface area contributed by atoms with E-state index in [0.29, 0.717) is 30.5 Å². The highest BCUT2D eigenvalue weighted by Crippen LogP contribution is 2.41. The van der Waals surface area contributed by atoms with Gasteiger partial charge in [-0.15, -0.1) is 0 Å². The first-order valence-electron chi connectivity index (χ1n) is 8.52. The number of likely N-dealkylation sites (N-methyl/N-ethyl adjacent to an activating group) is 1. The summed E-state index contributed by atoms with van der Waals surface area (Å²) in [6.45, 7) is 2.06. The minimum Gasteiger partial charge on any atom is -0.493 e. The summed E-state index contributed by atoms with van der Waals surface area (Å²) in [6, 6.07) is 5.94. The van der Waals surface area contributed by atoms with Crippen molar-refractivity contribution in [1.82, 2.24) is 14.7 Å². The summed E-state index contributed by atoms with van der Waals surface area (Å²) >= 11 is 0. The molecular weight excluding hydrogens is 334 g/mol. The number of methoxy groups -OCH3 is 3. The Balaban J connectivity index is 2.37. The molecule has 7 heteroatoms. The van der Waals surface area contributed by atoms with Crippen LogP contribution in [0.25, 0.3) is 0 Å². The van der Waals surface area contributed by atoms with E-state index in [4.69, 9.17) is 18.9 Å². The fourth-order valence-corrected chi connectivity index (χ4v) is 2.83. The highest BCUT2D eigenvalue weighted by molar-refractivity contribution is 5.55. The number of aromatic nitrogens is 2. The van der Waals surface area contributed by atoms with Crippen LogP contribution in [0.15, 0.2) is 24.4 Å². The van der Waals surface area contributed by atoms with Gasteiger partial charge in [0.25, 0.3) is 0 Å². The molecule has 0 radical (unpaired) electrons. The third-order valence-electron chi connectivity index (χ3n) is 4.27. The molecule has 0 aliphatic rings. The van der Waals surface area contributed by atoms with Crippen molar-refractivity contribution in [3.05, 3.63) is 35.7 Å². The lowest BCUT2D eigenvalue weighted by Gasteiger charge is -2.21. The third-order valence-corrected chi connectivity index (χ3v) is 4.27. The van der Waals surface area contributed by atoms with Crippen molar-refractivity contribution in [1.29, 1.82) is 0 Å². The first kappa shape index (κ1) is 20.1. The van der Waals surface area contributed by atoms with E-state index >= 15 is 0 Å². The second kappa shape index (κ2) is 9.45. The minimum absolute atomic E-state index is 0.00151. The highest BCUT2D eigenvalue weighted by atomic mass is 16.5. The summed E-state index contributed by atoms with van der Waals surface area (Å²) in [4.78, 5) is 2.10. The first-order chi connectivity index (χ1) is 12.5. The van der Waals surface area contributed by atoms with E-state index < -0.39 is 0 Å². The Kier molecular flexibility index (Phi) is 7.29. The molecule has 1 atom stereocenters. The van der Waals surface area contributed by atoms with Crippen LogP contribution in [0.2, 0.25) is 0 Å². The SMILES string of the molecule is COc1cc(C(COCCN(C)C)c2ccnn2C)cc(OC)c1OC. The van der Waals surface area contributed by atoms with Crippen molar-refractivity contribution in [3.63, 3.8) is 0 Å². The summed E-state index contributed by atoms with van der Waals surface area (Å²) in [7, 11) is 10.8. The predicted octanol–water partition coefficient (Wildman–Crippen LogP) is 2.16. The van der Waals surface area contributed by atoms with Gasteiger partial charge in [0, 0.05) is 31.4 Å². The Bertz CT molecular complexity index is 675. The molecular formula is C19H29N3O4. The van der Waals surface area contributed by atoms with Gasteiger partial charge in [-0.1, -0.05) is 0 Å². The smallest absolute Gasteiger partial charge is 0.203 e. The lowest BCUT2D eigenvalue weighted by Crippen LogP contribution is -2.21. The van der Waals surface area contributed by atoms with Crippen molar-refractivity contribution in [2.45, 2.75) is 5.92 Å². The molecule has 26 heavy (non-hydrogen) atoms. The van der Waals surface area contributed by atoms with Gasteiger partial charge in [0.15, 0.2) is 11.5 Å². The molecule has 1 aromatic heterocycles. The molecule has 1 unspecified atom stereocenters. The van der Waals surface area contributed by atoms with Crippen molar-refractivity contribution in [2.75, 3.05) is 55.2 Å². The molecule has 0 saturated carbocycles. The topological polar surface area (TPSA) is 58.0 Å². The fourth-order valence-electron chi connectivity index (χ4n) is 2.83. The molecule has 0 amide bonds. The van der Waals surface area contributed by atoms with Crippen molar-refractivity contribution >= 4 is 0 Å². The van der Waals surface area contributed by atoms with E-state index in [1.54, 1.807) is 27.5 Å². The van der Waals surface area contributed by atoms with Crippen LogP contribution in [0.1, 0.15) is 17.2 Å². The molecule has 0 bridgehead atoms. The zero-order valence-corrected chi connectivity index (χ0v) is 16.5. The molecule has 0 fully saturated rings. The summed E-state index contributed by atoms with van der Waals surface area (Å²) in [6.07, 6.45) is 1.79. The van der Waals surface area contributed by atoms with Gasteiger partial charge >= 0.3 is 0 Å². The Morgan fingerprint density at radius 1 is 1.08 bits per heavy atom. The molecule has 144 valence electrons. The van der Waals surface area contributed by atoms with Gasteiger partial charge in [0.1, 0.15) is 0 Å². The number of rotatable bonds is 10. The van der Waals surface area contributed by atoms with E-state index in [0.717, 1.165) is 17.8 Å². The number of hydrogen-bond acceptors (Lipinski definition) is 6. The average Bonchev–Trinajstić information content (AvgIpc) is 3.05. The molecule has 0 N–H and O–H groups in total. The lowest BCUT2D eigenvalue weighted by atomic mass is 9.95. The van der Waals surface area contributed by atoms with Crippen molar-refractivity contribution < 1.29 is 18.9 Å². The molecule has 2 rings (SSSR count). The largest absolute Gasteiger partial charge is 0.493 e. The van der Waals surface area contributed by atoms with Crippen LogP contribution < -0.4 is 14.2 Å². The average molecular weight is 363 g/mol. The highest BCUT2D eigenvalue weighted by Gasteiger charge is 2.22. The zero-order valence-electron chi connectivity index (χ0n) is 16.5. The Labute approximate surface area is 155 Å². The predicted molar refractivity (Wildman–Crippen MR) is 101 cm³/mol. The van der Waals surface area contributed by atoms with Crippen LogP contribution in [-0.4, -0.2) is 69.9 Å². The second-order valence-corrected chi connectivity index (χ2v) is 6.27. The van der Waals surface area contributed by atoms with Crippen LogP contribution in [0.3, 0.4) is 0 Å². The number of benzene rings is 1. The number of ether oxygens (including phenoxy) is 4. The second-order valence-electron chi connectivity index (χ2n) is 6.27. The quantitative estimate of drug-likeness (QED) is 0.603. The van der Waals surface area contributed by atoms with Gasteiger partial charge in [0.2, 0.25) is 5.75 Å². The van der Waals surface area contributed by atoms with Crippen LogP contribution in [-0.2, 0) is 11.8 Å². The maximum atomic E-state index is 5.95. The van der Waals surface area contributed by atoms with E-state index in [-0.39, 0.29) is 5.92 Å². The number of hydrogen-bond donors (Lipinski definition) is 0. The van der Waals surface area contributed by atoms with Crippen LogP contribution in [0.5, 0.6) is 17.2 Å². The zero-order chi connectivity index (χ0) is 19.1. The van der Waals surface area contributed by atoms with E-state index in [1.807, 2.05) is 44.0 Å². The standard InChI is InChI=1S/C19H29N3O4/c1-21(2)9-10-26-13-15(16-7-8-20-22(16)3)14-11-17(23-4)19(25-6)18(12-14)24-5/h7-8,11-12,15H,9-10,13H2,1-6H3. The summed E-state index contributed by atoms with van der Waals surface area (Å²) in [5, 5.41) is 4.30. The summed E-state index contributed by atoms with van der Waals surface area (Å²) in [5.74, 6) is 1.83. The van der Waals surface area contributed by atoms with E-state index in [9.17, 15) is 0 Å². The molecule has 0 saturated heterocycles. The van der Waals surface area contributed by atoms with Crippen LogP contribution in [0.4, 0.5) is 0 Å². The minimum atomic E-state index is -0.00151. The molecule has 7 nitrogen and oxygen atoms in total. The molecule has 1 heterocycles. The van der Waals surface area contributed by atoms with E-state index in [1.165, 1.54) is 0 Å². The van der Waals surface area contributed by atoms with Gasteiger partial charge < -0.3 is 23.8 Å². The summed E-state index contributed by atoms with van der Waals surface area (Å²) < 4.78 is 24.2. The number of aryl methyl sites for hydroxylation is 1. The third kappa shape index (κ3) is 4.68. The van der Waals surface area contributed by atoms with Crippen LogP contribution in [0, 0.1) is 0 Å². The lowest BCUT2D eigenvalue weighted by molar-refractivity contribution is 0.110. The Morgan fingerprint density at radius 2 is 1.73 bits per heavy atom. The van der Waals surface area contributed by atoms with Gasteiger partial charge in [0.05, 0.1) is 34.5 Å². The van der Waals surface area contributed by atoms with Crippen molar-refractivity contribution in [2.24, 2.45) is 7.05 Å². The number of nitrogens with zero attached hydrogens (tertiary/aromatic N) is 3. The summed E-state index contributed by atoms with van der Waals surface area (Å²) in [5.41, 5.74) is 2.08. The van der Waals surface area contributed by atoms with Gasteiger partial charge in [-0.25, -0.2) is 0 Å². The first-order valence-corrected chi connectivity index (χ1v) is 8.52. The normalized spacial score (nSPS) is 12.3. The maximum Gasteiger partial charge on any atom is 0.203 e. The molecule has 2 aromatic rings. The van der Waals surface area contributed by atoms with Gasteiger partial charge in [-0.05, 0) is 37.9 Å². The van der Waals surface area contributed by atoms with E-state index in [2.05, 4.69) is 10.00 Å². The molecule has 0 aliphatic carbocycles. The Hall–Kier alpha value is -2.25.